The monoisotopic (exact) mass is 203 g/mol. The van der Waals surface area contributed by atoms with Gasteiger partial charge in [-0.2, -0.15) is 0 Å². The van der Waals surface area contributed by atoms with Crippen molar-refractivity contribution < 1.29 is 0 Å². The minimum atomic E-state index is -0.107. The lowest BCUT2D eigenvalue weighted by atomic mass is 10.0. The number of fused-ring (bicyclic) bond motifs is 1. The lowest BCUT2D eigenvalue weighted by molar-refractivity contribution is 0.715. The summed E-state index contributed by atoms with van der Waals surface area (Å²) in [6.45, 7) is 0. The second-order valence-corrected chi connectivity index (χ2v) is 4.15. The van der Waals surface area contributed by atoms with E-state index in [0.29, 0.717) is 5.92 Å². The van der Waals surface area contributed by atoms with Crippen LogP contribution in [0.15, 0.2) is 23.4 Å². The summed E-state index contributed by atoms with van der Waals surface area (Å²) in [7, 11) is 0. The molecular formula is C11H13N3O. The normalized spacial score (nSPS) is 17.6. The van der Waals surface area contributed by atoms with E-state index in [0.717, 1.165) is 5.65 Å². The van der Waals surface area contributed by atoms with Gasteiger partial charge in [0.1, 0.15) is 5.65 Å². The third kappa shape index (κ3) is 1.28. The number of aromatic nitrogens is 3. The number of hydrogen-bond acceptors (Lipinski definition) is 2. The van der Waals surface area contributed by atoms with E-state index in [-0.39, 0.29) is 5.69 Å². The molecule has 0 radical (unpaired) electrons. The largest absolute Gasteiger partial charge is 0.331 e. The molecule has 0 aliphatic heterocycles. The van der Waals surface area contributed by atoms with Gasteiger partial charge in [-0.1, -0.05) is 12.8 Å². The summed E-state index contributed by atoms with van der Waals surface area (Å²) in [6, 6.07) is 0. The molecule has 0 aromatic carbocycles. The van der Waals surface area contributed by atoms with Crippen molar-refractivity contribution in [3.8, 4) is 0 Å². The number of imidazole rings is 1. The Kier molecular flexibility index (Phi) is 1.87. The van der Waals surface area contributed by atoms with Gasteiger partial charge in [-0.25, -0.2) is 9.78 Å². The maximum Gasteiger partial charge on any atom is 0.331 e. The van der Waals surface area contributed by atoms with Crippen LogP contribution in [0.1, 0.15) is 37.2 Å². The van der Waals surface area contributed by atoms with Crippen molar-refractivity contribution in [2.45, 2.75) is 31.6 Å². The van der Waals surface area contributed by atoms with E-state index in [4.69, 9.17) is 0 Å². The number of H-pyrrole nitrogens is 1. The van der Waals surface area contributed by atoms with E-state index in [2.05, 4.69) is 9.97 Å². The number of nitrogens with zero attached hydrogens (tertiary/aromatic N) is 2. The first-order chi connectivity index (χ1) is 7.36. The molecule has 0 saturated heterocycles. The first-order valence-electron chi connectivity index (χ1n) is 5.41. The second-order valence-electron chi connectivity index (χ2n) is 4.15. The van der Waals surface area contributed by atoms with Crippen LogP contribution in [0.25, 0.3) is 5.65 Å². The van der Waals surface area contributed by atoms with Gasteiger partial charge < -0.3 is 4.98 Å². The summed E-state index contributed by atoms with van der Waals surface area (Å²) < 4.78 is 1.59. The average Bonchev–Trinajstić information content (AvgIpc) is 2.88. The zero-order valence-electron chi connectivity index (χ0n) is 8.44. The Morgan fingerprint density at radius 2 is 2.20 bits per heavy atom. The lowest BCUT2D eigenvalue weighted by Crippen LogP contribution is -2.16. The molecule has 1 aliphatic rings. The summed E-state index contributed by atoms with van der Waals surface area (Å²) in [5.41, 5.74) is 1.91. The Hall–Kier alpha value is -1.58. The minimum Gasteiger partial charge on any atom is -0.313 e. The highest BCUT2D eigenvalue weighted by Crippen LogP contribution is 2.34. The summed E-state index contributed by atoms with van der Waals surface area (Å²) in [5, 5.41) is 0. The van der Waals surface area contributed by atoms with Crippen molar-refractivity contribution in [1.82, 2.24) is 14.4 Å². The van der Waals surface area contributed by atoms with Crippen LogP contribution in [-0.2, 0) is 0 Å². The van der Waals surface area contributed by atoms with Gasteiger partial charge >= 0.3 is 5.69 Å². The molecule has 78 valence electrons. The Bertz CT molecular complexity index is 534. The third-order valence-electron chi connectivity index (χ3n) is 3.26. The average molecular weight is 203 g/mol. The molecule has 2 heterocycles. The summed E-state index contributed by atoms with van der Waals surface area (Å²) in [6.07, 6.45) is 10.2. The molecule has 4 nitrogen and oxygen atoms in total. The highest BCUT2D eigenvalue weighted by atomic mass is 16.1. The minimum absolute atomic E-state index is 0.107. The molecule has 0 amide bonds. The smallest absolute Gasteiger partial charge is 0.313 e. The van der Waals surface area contributed by atoms with Crippen LogP contribution >= 0.6 is 0 Å². The Morgan fingerprint density at radius 1 is 1.40 bits per heavy atom. The van der Waals surface area contributed by atoms with Crippen LogP contribution in [0, 0.1) is 0 Å². The van der Waals surface area contributed by atoms with E-state index in [1.54, 1.807) is 16.8 Å². The molecule has 15 heavy (non-hydrogen) atoms. The lowest BCUT2D eigenvalue weighted by Gasteiger charge is -2.09. The molecule has 1 N–H and O–H groups in total. The van der Waals surface area contributed by atoms with Crippen LogP contribution in [0.2, 0.25) is 0 Å². The topological polar surface area (TPSA) is 50.2 Å². The highest BCUT2D eigenvalue weighted by molar-refractivity contribution is 5.48. The van der Waals surface area contributed by atoms with Crippen molar-refractivity contribution in [3.63, 3.8) is 0 Å². The fourth-order valence-electron chi connectivity index (χ4n) is 2.49. The van der Waals surface area contributed by atoms with Gasteiger partial charge in [-0.05, 0) is 18.8 Å². The molecule has 1 saturated carbocycles. The van der Waals surface area contributed by atoms with E-state index >= 15 is 0 Å². The van der Waals surface area contributed by atoms with Crippen molar-refractivity contribution in [1.29, 1.82) is 0 Å². The zero-order chi connectivity index (χ0) is 10.3. The van der Waals surface area contributed by atoms with Gasteiger partial charge in [-0.15, -0.1) is 0 Å². The molecule has 3 rings (SSSR count). The fraction of sp³-hybridized carbons (Fsp3) is 0.455. The van der Waals surface area contributed by atoms with Gasteiger partial charge in [0.25, 0.3) is 0 Å². The van der Waals surface area contributed by atoms with Gasteiger partial charge in [0.15, 0.2) is 0 Å². The third-order valence-corrected chi connectivity index (χ3v) is 3.26. The predicted octanol–water partition coefficient (Wildman–Crippen LogP) is 1.68. The van der Waals surface area contributed by atoms with Crippen molar-refractivity contribution in [3.05, 3.63) is 34.6 Å². The first-order valence-corrected chi connectivity index (χ1v) is 5.41. The molecule has 1 aliphatic carbocycles. The SMILES string of the molecule is O=c1[nH]cc(C2CCCC2)c2nccn12. The van der Waals surface area contributed by atoms with Gasteiger partial charge in [0, 0.05) is 24.2 Å². The van der Waals surface area contributed by atoms with Crippen LogP contribution in [0.4, 0.5) is 0 Å². The van der Waals surface area contributed by atoms with Crippen LogP contribution < -0.4 is 5.69 Å². The Morgan fingerprint density at radius 3 is 3.00 bits per heavy atom. The van der Waals surface area contributed by atoms with Gasteiger partial charge in [0.2, 0.25) is 0 Å². The molecule has 0 unspecified atom stereocenters. The first kappa shape index (κ1) is 8.71. The van der Waals surface area contributed by atoms with E-state index < -0.39 is 0 Å². The van der Waals surface area contributed by atoms with Gasteiger partial charge in [-0.3, -0.25) is 4.40 Å². The standard InChI is InChI=1S/C11H13N3O/c15-11-13-7-9(8-3-1-2-4-8)10-12-5-6-14(10)11/h5-8H,1-4H2,(H,13,15). The molecule has 1 fully saturated rings. The number of aromatic amines is 1. The van der Waals surface area contributed by atoms with E-state index in [1.165, 1.54) is 31.2 Å². The predicted molar refractivity (Wildman–Crippen MR) is 57.0 cm³/mol. The van der Waals surface area contributed by atoms with Crippen molar-refractivity contribution in [2.24, 2.45) is 0 Å². The maximum atomic E-state index is 11.5. The number of hydrogen-bond donors (Lipinski definition) is 1. The Labute approximate surface area is 87.0 Å². The summed E-state index contributed by atoms with van der Waals surface area (Å²) >= 11 is 0. The molecule has 2 aromatic heterocycles. The summed E-state index contributed by atoms with van der Waals surface area (Å²) in [4.78, 5) is 18.5. The molecule has 0 atom stereocenters. The maximum absolute atomic E-state index is 11.5. The van der Waals surface area contributed by atoms with E-state index in [1.807, 2.05) is 6.20 Å². The molecule has 4 heteroatoms. The molecule has 2 aromatic rings. The highest BCUT2D eigenvalue weighted by Gasteiger charge is 2.20. The number of nitrogens with one attached hydrogen (secondary N) is 1. The van der Waals surface area contributed by atoms with Crippen LogP contribution in [0.3, 0.4) is 0 Å². The van der Waals surface area contributed by atoms with Crippen LogP contribution in [-0.4, -0.2) is 14.4 Å². The second kappa shape index (κ2) is 3.22. The van der Waals surface area contributed by atoms with Gasteiger partial charge in [0.05, 0.1) is 0 Å². The zero-order valence-corrected chi connectivity index (χ0v) is 8.44. The van der Waals surface area contributed by atoms with E-state index in [9.17, 15) is 4.79 Å². The molecular weight excluding hydrogens is 190 g/mol. The molecule has 0 bridgehead atoms. The van der Waals surface area contributed by atoms with Crippen molar-refractivity contribution >= 4 is 5.65 Å². The van der Waals surface area contributed by atoms with Crippen LogP contribution in [0.5, 0.6) is 0 Å². The fourth-order valence-corrected chi connectivity index (χ4v) is 2.49. The molecule has 0 spiro atoms. The van der Waals surface area contributed by atoms with Crippen molar-refractivity contribution in [2.75, 3.05) is 0 Å². The quantitative estimate of drug-likeness (QED) is 0.766. The number of rotatable bonds is 1. The Balaban J connectivity index is 2.22. The summed E-state index contributed by atoms with van der Waals surface area (Å²) in [5.74, 6) is 0.576.